The molecule has 1 unspecified atom stereocenters. The Bertz CT molecular complexity index is 518. The van der Waals surface area contributed by atoms with Gasteiger partial charge in [-0.25, -0.2) is 0 Å². The van der Waals surface area contributed by atoms with Gasteiger partial charge in [-0.1, -0.05) is 0 Å². The fourth-order valence-corrected chi connectivity index (χ4v) is 2.34. The SMILES string of the molecule is CC(c1nc(N2CCN[C@@H](C)C2)n[nH]1)n1cccn1. The predicted molar refractivity (Wildman–Crippen MR) is 72.1 cm³/mol. The quantitative estimate of drug-likeness (QED) is 0.837. The van der Waals surface area contributed by atoms with E-state index in [-0.39, 0.29) is 6.04 Å². The Morgan fingerprint density at radius 1 is 1.47 bits per heavy atom. The molecule has 0 radical (unpaired) electrons. The summed E-state index contributed by atoms with van der Waals surface area (Å²) in [5.41, 5.74) is 0. The summed E-state index contributed by atoms with van der Waals surface area (Å²) in [5.74, 6) is 1.62. The number of H-pyrrole nitrogens is 1. The zero-order valence-electron chi connectivity index (χ0n) is 11.2. The lowest BCUT2D eigenvalue weighted by Gasteiger charge is -2.30. The second-order valence-corrected chi connectivity index (χ2v) is 4.98. The zero-order chi connectivity index (χ0) is 13.2. The summed E-state index contributed by atoms with van der Waals surface area (Å²) >= 11 is 0. The molecule has 1 fully saturated rings. The first-order chi connectivity index (χ1) is 9.24. The summed E-state index contributed by atoms with van der Waals surface area (Å²) < 4.78 is 1.87. The fraction of sp³-hybridized carbons (Fsp3) is 0.583. The number of rotatable bonds is 3. The number of hydrogen-bond donors (Lipinski definition) is 2. The number of anilines is 1. The molecular weight excluding hydrogens is 242 g/mol. The molecule has 102 valence electrons. The molecule has 7 heteroatoms. The number of nitrogens with zero attached hydrogens (tertiary/aromatic N) is 5. The van der Waals surface area contributed by atoms with Gasteiger partial charge in [0.15, 0.2) is 5.82 Å². The second kappa shape index (κ2) is 5.00. The average molecular weight is 261 g/mol. The molecular formula is C12H19N7. The summed E-state index contributed by atoms with van der Waals surface area (Å²) in [4.78, 5) is 6.80. The topological polar surface area (TPSA) is 74.7 Å². The molecule has 0 spiro atoms. The standard InChI is InChI=1S/C12H19N7/c1-9-8-18(7-5-13-9)12-15-11(16-17-12)10(2)19-6-3-4-14-19/h3-4,6,9-10,13H,5,7-8H2,1-2H3,(H,15,16,17)/t9-,10?/m0/s1. The van der Waals surface area contributed by atoms with E-state index in [1.807, 2.05) is 16.9 Å². The first kappa shape index (κ1) is 12.2. The molecule has 0 aromatic carbocycles. The van der Waals surface area contributed by atoms with Crippen LogP contribution >= 0.6 is 0 Å². The molecule has 3 heterocycles. The molecule has 0 aliphatic carbocycles. The third-order valence-corrected chi connectivity index (χ3v) is 3.46. The highest BCUT2D eigenvalue weighted by Gasteiger charge is 2.21. The van der Waals surface area contributed by atoms with Gasteiger partial charge in [0, 0.05) is 38.1 Å². The Labute approximate surface area is 112 Å². The molecule has 0 amide bonds. The molecule has 7 nitrogen and oxygen atoms in total. The van der Waals surface area contributed by atoms with Crippen molar-refractivity contribution in [3.8, 4) is 0 Å². The van der Waals surface area contributed by atoms with Gasteiger partial charge in [0.2, 0.25) is 5.95 Å². The lowest BCUT2D eigenvalue weighted by Crippen LogP contribution is -2.49. The van der Waals surface area contributed by atoms with Crippen LogP contribution in [0.25, 0.3) is 0 Å². The van der Waals surface area contributed by atoms with Crippen LogP contribution in [0.15, 0.2) is 18.5 Å². The molecule has 0 bridgehead atoms. The van der Waals surface area contributed by atoms with Crippen molar-refractivity contribution in [2.24, 2.45) is 0 Å². The van der Waals surface area contributed by atoms with Crippen molar-refractivity contribution in [2.45, 2.75) is 25.9 Å². The highest BCUT2D eigenvalue weighted by Crippen LogP contribution is 2.16. The van der Waals surface area contributed by atoms with E-state index in [2.05, 4.69) is 44.3 Å². The zero-order valence-corrected chi connectivity index (χ0v) is 11.2. The highest BCUT2D eigenvalue weighted by molar-refractivity contribution is 5.30. The monoisotopic (exact) mass is 261 g/mol. The first-order valence-corrected chi connectivity index (χ1v) is 6.64. The third kappa shape index (κ3) is 2.46. The largest absolute Gasteiger partial charge is 0.337 e. The van der Waals surface area contributed by atoms with Gasteiger partial charge in [-0.15, -0.1) is 5.10 Å². The molecule has 2 atom stereocenters. The summed E-state index contributed by atoms with van der Waals surface area (Å²) in [7, 11) is 0. The van der Waals surface area contributed by atoms with Gasteiger partial charge in [0.05, 0.1) is 0 Å². The van der Waals surface area contributed by atoms with E-state index in [1.54, 1.807) is 6.20 Å². The number of aromatic amines is 1. The Balaban J connectivity index is 1.76. The van der Waals surface area contributed by atoms with Gasteiger partial charge in [0.1, 0.15) is 6.04 Å². The fourth-order valence-electron chi connectivity index (χ4n) is 2.34. The van der Waals surface area contributed by atoms with Crippen molar-refractivity contribution in [2.75, 3.05) is 24.5 Å². The maximum Gasteiger partial charge on any atom is 0.244 e. The maximum atomic E-state index is 4.59. The van der Waals surface area contributed by atoms with Gasteiger partial charge in [-0.2, -0.15) is 10.1 Å². The molecule has 2 aromatic rings. The maximum absolute atomic E-state index is 4.59. The van der Waals surface area contributed by atoms with Crippen molar-refractivity contribution in [1.29, 1.82) is 0 Å². The summed E-state index contributed by atoms with van der Waals surface area (Å²) in [6.07, 6.45) is 3.70. The van der Waals surface area contributed by atoms with E-state index < -0.39 is 0 Å². The minimum atomic E-state index is 0.0663. The highest BCUT2D eigenvalue weighted by atomic mass is 15.4. The molecule has 2 aromatic heterocycles. The Kier molecular flexibility index (Phi) is 3.20. The minimum absolute atomic E-state index is 0.0663. The van der Waals surface area contributed by atoms with Crippen molar-refractivity contribution >= 4 is 5.95 Å². The van der Waals surface area contributed by atoms with E-state index in [0.29, 0.717) is 6.04 Å². The summed E-state index contributed by atoms with van der Waals surface area (Å²) in [6.45, 7) is 7.08. The summed E-state index contributed by atoms with van der Waals surface area (Å²) in [6, 6.07) is 2.45. The van der Waals surface area contributed by atoms with Crippen LogP contribution in [0.4, 0.5) is 5.95 Å². The molecule has 3 rings (SSSR count). The van der Waals surface area contributed by atoms with Gasteiger partial charge in [-0.05, 0) is 19.9 Å². The third-order valence-electron chi connectivity index (χ3n) is 3.46. The lowest BCUT2D eigenvalue weighted by molar-refractivity contribution is 0.479. The smallest absolute Gasteiger partial charge is 0.244 e. The molecule has 2 N–H and O–H groups in total. The van der Waals surface area contributed by atoms with Gasteiger partial charge in [-0.3, -0.25) is 9.78 Å². The van der Waals surface area contributed by atoms with Crippen molar-refractivity contribution in [1.82, 2.24) is 30.3 Å². The van der Waals surface area contributed by atoms with Crippen molar-refractivity contribution < 1.29 is 0 Å². The molecule has 1 aliphatic heterocycles. The Morgan fingerprint density at radius 3 is 3.11 bits per heavy atom. The molecule has 1 aliphatic rings. The van der Waals surface area contributed by atoms with Crippen LogP contribution in [0.1, 0.15) is 25.7 Å². The Hall–Kier alpha value is -1.89. The minimum Gasteiger partial charge on any atom is -0.337 e. The average Bonchev–Trinajstić information content (AvgIpc) is 3.10. The molecule has 19 heavy (non-hydrogen) atoms. The van der Waals surface area contributed by atoms with E-state index in [9.17, 15) is 0 Å². The summed E-state index contributed by atoms with van der Waals surface area (Å²) in [5, 5.41) is 15.0. The normalized spacial score (nSPS) is 21.6. The second-order valence-electron chi connectivity index (χ2n) is 4.98. The van der Waals surface area contributed by atoms with Crippen LogP contribution in [-0.2, 0) is 0 Å². The predicted octanol–water partition coefficient (Wildman–Crippen LogP) is 0.409. The number of aromatic nitrogens is 5. The van der Waals surface area contributed by atoms with E-state index in [0.717, 1.165) is 31.4 Å². The van der Waals surface area contributed by atoms with Crippen LogP contribution < -0.4 is 10.2 Å². The van der Waals surface area contributed by atoms with Crippen molar-refractivity contribution in [3.05, 3.63) is 24.3 Å². The van der Waals surface area contributed by atoms with Crippen LogP contribution in [0, 0.1) is 0 Å². The van der Waals surface area contributed by atoms with Gasteiger partial charge in [0.25, 0.3) is 0 Å². The van der Waals surface area contributed by atoms with E-state index >= 15 is 0 Å². The first-order valence-electron chi connectivity index (χ1n) is 6.64. The van der Waals surface area contributed by atoms with Crippen LogP contribution in [-0.4, -0.2) is 50.6 Å². The molecule has 0 saturated carbocycles. The van der Waals surface area contributed by atoms with Crippen LogP contribution in [0.5, 0.6) is 0 Å². The van der Waals surface area contributed by atoms with E-state index in [1.165, 1.54) is 0 Å². The van der Waals surface area contributed by atoms with Crippen LogP contribution in [0.3, 0.4) is 0 Å². The van der Waals surface area contributed by atoms with Crippen molar-refractivity contribution in [3.63, 3.8) is 0 Å². The van der Waals surface area contributed by atoms with Gasteiger partial charge >= 0.3 is 0 Å². The molecule has 1 saturated heterocycles. The van der Waals surface area contributed by atoms with Gasteiger partial charge < -0.3 is 10.2 Å². The number of hydrogen-bond acceptors (Lipinski definition) is 5. The Morgan fingerprint density at radius 2 is 2.37 bits per heavy atom. The number of piperazine rings is 1. The number of nitrogens with one attached hydrogen (secondary N) is 2. The van der Waals surface area contributed by atoms with Crippen LogP contribution in [0.2, 0.25) is 0 Å². The lowest BCUT2D eigenvalue weighted by atomic mass is 10.2. The van der Waals surface area contributed by atoms with E-state index in [4.69, 9.17) is 0 Å².